The van der Waals surface area contributed by atoms with Crippen LogP contribution >= 0.6 is 0 Å². The number of halogens is 1. The number of benzene rings is 2. The molecule has 26 heavy (non-hydrogen) atoms. The van der Waals surface area contributed by atoms with Crippen LogP contribution in [0.3, 0.4) is 0 Å². The first-order valence-electron chi connectivity index (χ1n) is 8.07. The van der Waals surface area contributed by atoms with E-state index in [0.29, 0.717) is 5.56 Å². The van der Waals surface area contributed by atoms with Gasteiger partial charge in [-0.15, -0.1) is 0 Å². The second-order valence-corrected chi connectivity index (χ2v) is 5.63. The summed E-state index contributed by atoms with van der Waals surface area (Å²) in [7, 11) is 0. The largest absolute Gasteiger partial charge is 0.465 e. The molecule has 0 aliphatic carbocycles. The number of nitro groups is 1. The van der Waals surface area contributed by atoms with E-state index in [2.05, 4.69) is 0 Å². The molecular formula is C19H18FNO5. The van der Waals surface area contributed by atoms with Crippen molar-refractivity contribution in [2.45, 2.75) is 12.8 Å². The zero-order valence-electron chi connectivity index (χ0n) is 14.1. The molecule has 0 aliphatic rings. The molecular weight excluding hydrogens is 341 g/mol. The molecule has 0 unspecified atom stereocenters. The number of Topliss-reactive ketones (excluding diaryl/α,β-unsaturated/α-hetero) is 1. The number of ketones is 1. The van der Waals surface area contributed by atoms with Gasteiger partial charge in [-0.05, 0) is 36.8 Å². The lowest BCUT2D eigenvalue weighted by molar-refractivity contribution is -0.484. The van der Waals surface area contributed by atoms with E-state index in [1.165, 1.54) is 12.1 Å². The van der Waals surface area contributed by atoms with Crippen LogP contribution in [0.25, 0.3) is 0 Å². The van der Waals surface area contributed by atoms with Crippen molar-refractivity contribution in [1.82, 2.24) is 0 Å². The quantitative estimate of drug-likeness (QED) is 0.237. The lowest BCUT2D eigenvalue weighted by atomic mass is 9.81. The maximum Gasteiger partial charge on any atom is 0.317 e. The van der Waals surface area contributed by atoms with E-state index in [-0.39, 0.29) is 12.2 Å². The minimum Gasteiger partial charge on any atom is -0.465 e. The van der Waals surface area contributed by atoms with Crippen molar-refractivity contribution in [3.05, 3.63) is 81.7 Å². The van der Waals surface area contributed by atoms with Gasteiger partial charge >= 0.3 is 5.97 Å². The van der Waals surface area contributed by atoms with E-state index in [1.807, 2.05) is 0 Å². The molecule has 0 radical (unpaired) electrons. The Hall–Kier alpha value is -3.09. The number of carbonyl (C=O) groups is 2. The molecule has 6 nitrogen and oxygen atoms in total. The Kier molecular flexibility index (Phi) is 6.54. The molecule has 0 aromatic heterocycles. The summed E-state index contributed by atoms with van der Waals surface area (Å²) >= 11 is 0. The van der Waals surface area contributed by atoms with Gasteiger partial charge in [0, 0.05) is 10.5 Å². The van der Waals surface area contributed by atoms with Crippen LogP contribution in [0, 0.1) is 21.8 Å². The van der Waals surface area contributed by atoms with E-state index in [0.717, 1.165) is 12.1 Å². The van der Waals surface area contributed by atoms with Crippen LogP contribution in [0.4, 0.5) is 4.39 Å². The lowest BCUT2D eigenvalue weighted by Gasteiger charge is -2.22. The van der Waals surface area contributed by atoms with Crippen LogP contribution in [0.5, 0.6) is 0 Å². The van der Waals surface area contributed by atoms with Crippen LogP contribution in [0.2, 0.25) is 0 Å². The molecule has 0 aliphatic heterocycles. The number of nitrogens with zero attached hydrogens (tertiary/aromatic N) is 1. The van der Waals surface area contributed by atoms with Crippen molar-refractivity contribution in [2.24, 2.45) is 5.92 Å². The second kappa shape index (κ2) is 8.84. The van der Waals surface area contributed by atoms with Gasteiger partial charge in [-0.2, -0.15) is 0 Å². The van der Waals surface area contributed by atoms with Crippen molar-refractivity contribution in [3.63, 3.8) is 0 Å². The molecule has 0 saturated carbocycles. The highest BCUT2D eigenvalue weighted by molar-refractivity contribution is 6.09. The van der Waals surface area contributed by atoms with Gasteiger partial charge in [-0.25, -0.2) is 4.39 Å². The highest BCUT2D eigenvalue weighted by Gasteiger charge is 2.40. The van der Waals surface area contributed by atoms with Crippen LogP contribution in [0.1, 0.15) is 28.8 Å². The van der Waals surface area contributed by atoms with E-state index in [1.54, 1.807) is 37.3 Å². The Morgan fingerprint density at radius 3 is 2.27 bits per heavy atom. The van der Waals surface area contributed by atoms with E-state index in [4.69, 9.17) is 4.74 Å². The summed E-state index contributed by atoms with van der Waals surface area (Å²) in [5.74, 6) is -4.40. The van der Waals surface area contributed by atoms with E-state index < -0.39 is 40.9 Å². The first-order chi connectivity index (χ1) is 12.4. The topological polar surface area (TPSA) is 86.5 Å². The maximum absolute atomic E-state index is 13.1. The maximum atomic E-state index is 13.1. The monoisotopic (exact) mass is 359 g/mol. The Labute approximate surface area is 149 Å². The van der Waals surface area contributed by atoms with Gasteiger partial charge in [-0.3, -0.25) is 19.7 Å². The van der Waals surface area contributed by atoms with E-state index >= 15 is 0 Å². The van der Waals surface area contributed by atoms with Crippen molar-refractivity contribution in [2.75, 3.05) is 13.2 Å². The van der Waals surface area contributed by atoms with Gasteiger partial charge < -0.3 is 4.74 Å². The third-order valence-electron chi connectivity index (χ3n) is 3.93. The Morgan fingerprint density at radius 1 is 1.12 bits per heavy atom. The number of esters is 1. The highest BCUT2D eigenvalue weighted by atomic mass is 19.1. The Balaban J connectivity index is 2.49. The van der Waals surface area contributed by atoms with Gasteiger partial charge in [-0.1, -0.05) is 30.3 Å². The fraction of sp³-hybridized carbons (Fsp3) is 0.263. The SMILES string of the molecule is CCOC(=O)[C@@H](C(=O)c1ccc(F)cc1)[C@H](C[N+](=O)[O-])c1ccccc1. The zero-order valence-corrected chi connectivity index (χ0v) is 14.1. The molecule has 136 valence electrons. The summed E-state index contributed by atoms with van der Waals surface area (Å²) in [4.78, 5) is 36.0. The Morgan fingerprint density at radius 2 is 1.73 bits per heavy atom. The number of hydrogen-bond acceptors (Lipinski definition) is 5. The second-order valence-electron chi connectivity index (χ2n) is 5.63. The summed E-state index contributed by atoms with van der Waals surface area (Å²) < 4.78 is 18.1. The predicted octanol–water partition coefficient (Wildman–Crippen LogP) is 3.25. The third-order valence-corrected chi connectivity index (χ3v) is 3.93. The number of rotatable bonds is 8. The lowest BCUT2D eigenvalue weighted by Crippen LogP contribution is -2.35. The molecule has 0 amide bonds. The fourth-order valence-electron chi connectivity index (χ4n) is 2.74. The molecule has 2 aromatic rings. The summed E-state index contributed by atoms with van der Waals surface area (Å²) in [6.07, 6.45) is 0. The number of hydrogen-bond donors (Lipinski definition) is 0. The van der Waals surface area contributed by atoms with Crippen molar-refractivity contribution >= 4 is 11.8 Å². The predicted molar refractivity (Wildman–Crippen MR) is 91.9 cm³/mol. The minimum absolute atomic E-state index is 0.0337. The summed E-state index contributed by atoms with van der Waals surface area (Å²) in [5.41, 5.74) is 0.575. The molecule has 2 aromatic carbocycles. The van der Waals surface area contributed by atoms with Crippen molar-refractivity contribution in [3.8, 4) is 0 Å². The van der Waals surface area contributed by atoms with Crippen LogP contribution in [-0.2, 0) is 9.53 Å². The van der Waals surface area contributed by atoms with Crippen molar-refractivity contribution in [1.29, 1.82) is 0 Å². The minimum atomic E-state index is -1.40. The average Bonchev–Trinajstić information content (AvgIpc) is 2.62. The van der Waals surface area contributed by atoms with Gasteiger partial charge in [0.05, 0.1) is 12.5 Å². The molecule has 2 atom stereocenters. The first kappa shape index (κ1) is 19.2. The normalized spacial score (nSPS) is 12.8. The molecule has 7 heteroatoms. The summed E-state index contributed by atoms with van der Waals surface area (Å²) in [5, 5.41) is 11.2. The molecule has 0 N–H and O–H groups in total. The molecule has 0 heterocycles. The standard InChI is InChI=1S/C19H18FNO5/c1-2-26-19(23)17(18(22)14-8-10-15(20)11-9-14)16(12-21(24)25)13-6-4-3-5-7-13/h3-11,16-17H,2,12H2,1H3/t16-,17-/m1/s1. The molecule has 0 saturated heterocycles. The third kappa shape index (κ3) is 4.72. The first-order valence-corrected chi connectivity index (χ1v) is 8.07. The zero-order chi connectivity index (χ0) is 19.1. The van der Waals surface area contributed by atoms with Crippen LogP contribution in [0.15, 0.2) is 54.6 Å². The molecule has 2 rings (SSSR count). The highest BCUT2D eigenvalue weighted by Crippen LogP contribution is 2.29. The van der Waals surface area contributed by atoms with Crippen LogP contribution in [-0.4, -0.2) is 29.8 Å². The molecule has 0 spiro atoms. The smallest absolute Gasteiger partial charge is 0.317 e. The Bertz CT molecular complexity index is 776. The van der Waals surface area contributed by atoms with Gasteiger partial charge in [0.15, 0.2) is 5.78 Å². The van der Waals surface area contributed by atoms with Gasteiger partial charge in [0.2, 0.25) is 6.54 Å². The van der Waals surface area contributed by atoms with E-state index in [9.17, 15) is 24.1 Å². The number of ether oxygens (including phenoxy) is 1. The molecule has 0 fully saturated rings. The van der Waals surface area contributed by atoms with Crippen molar-refractivity contribution < 1.29 is 23.6 Å². The van der Waals surface area contributed by atoms with Crippen LogP contribution < -0.4 is 0 Å². The summed E-state index contributed by atoms with van der Waals surface area (Å²) in [6.45, 7) is 1.01. The van der Waals surface area contributed by atoms with Gasteiger partial charge in [0.1, 0.15) is 11.7 Å². The molecule has 0 bridgehead atoms. The number of carbonyl (C=O) groups excluding carboxylic acids is 2. The average molecular weight is 359 g/mol. The van der Waals surface area contributed by atoms with Gasteiger partial charge in [0.25, 0.3) is 0 Å². The summed E-state index contributed by atoms with van der Waals surface area (Å²) in [6, 6.07) is 13.0. The fourth-order valence-corrected chi connectivity index (χ4v) is 2.74.